The third kappa shape index (κ3) is 1.48. The Kier molecular flexibility index (Phi) is 2.23. The minimum absolute atomic E-state index is 1.00. The molecule has 0 amide bonds. The van der Waals surface area contributed by atoms with Crippen LogP contribution in [-0.4, -0.2) is 9.97 Å². The molecule has 0 saturated heterocycles. The molecule has 3 nitrogen and oxygen atoms in total. The second-order valence-electron chi connectivity index (χ2n) is 3.22. The predicted molar refractivity (Wildman–Crippen MR) is 53.4 cm³/mol. The molecule has 14 heavy (non-hydrogen) atoms. The quantitative estimate of drug-likeness (QED) is 0.628. The molecule has 0 fully saturated rings. The molecule has 2 rings (SSSR count). The standard InChI is InChI=1S/C11H12N3/c1-9-10(7-12-8-13-9)11-5-3-4-6-14(11)2/h3-8H,1-2H3/q+1. The summed E-state index contributed by atoms with van der Waals surface area (Å²) in [5.74, 6) is 0. The van der Waals surface area contributed by atoms with Gasteiger partial charge in [-0.2, -0.15) is 0 Å². The van der Waals surface area contributed by atoms with Crippen LogP contribution < -0.4 is 4.57 Å². The van der Waals surface area contributed by atoms with Crippen molar-refractivity contribution in [1.82, 2.24) is 9.97 Å². The van der Waals surface area contributed by atoms with Crippen LogP contribution in [0.1, 0.15) is 5.69 Å². The molecule has 0 aliphatic carbocycles. The van der Waals surface area contributed by atoms with Crippen molar-refractivity contribution in [1.29, 1.82) is 0 Å². The first-order valence-corrected chi connectivity index (χ1v) is 4.50. The van der Waals surface area contributed by atoms with Gasteiger partial charge in [-0.25, -0.2) is 14.5 Å². The van der Waals surface area contributed by atoms with Crippen LogP contribution in [0.15, 0.2) is 36.9 Å². The van der Waals surface area contributed by atoms with Gasteiger partial charge in [0, 0.05) is 18.3 Å². The van der Waals surface area contributed by atoms with E-state index in [4.69, 9.17) is 0 Å². The number of aromatic nitrogens is 3. The van der Waals surface area contributed by atoms with Crippen molar-refractivity contribution in [2.24, 2.45) is 7.05 Å². The molecule has 70 valence electrons. The fourth-order valence-electron chi connectivity index (χ4n) is 1.45. The molecular formula is C11H12N3+. The van der Waals surface area contributed by atoms with Crippen molar-refractivity contribution < 1.29 is 4.57 Å². The lowest BCUT2D eigenvalue weighted by atomic mass is 10.1. The number of aryl methyl sites for hydroxylation is 2. The van der Waals surface area contributed by atoms with Gasteiger partial charge in [0.25, 0.3) is 0 Å². The van der Waals surface area contributed by atoms with E-state index in [-0.39, 0.29) is 0 Å². The van der Waals surface area contributed by atoms with Crippen LogP contribution in [-0.2, 0) is 7.05 Å². The van der Waals surface area contributed by atoms with E-state index >= 15 is 0 Å². The van der Waals surface area contributed by atoms with Crippen molar-refractivity contribution in [3.63, 3.8) is 0 Å². The third-order valence-electron chi connectivity index (χ3n) is 2.24. The van der Waals surface area contributed by atoms with Crippen molar-refractivity contribution in [3.05, 3.63) is 42.6 Å². The molecule has 0 radical (unpaired) electrons. The molecule has 0 unspecified atom stereocenters. The van der Waals surface area contributed by atoms with Crippen molar-refractivity contribution >= 4 is 0 Å². The Bertz CT molecular complexity index is 408. The van der Waals surface area contributed by atoms with Crippen molar-refractivity contribution in [2.45, 2.75) is 6.92 Å². The smallest absolute Gasteiger partial charge is 0.215 e. The van der Waals surface area contributed by atoms with E-state index in [1.165, 1.54) is 0 Å². The monoisotopic (exact) mass is 186 g/mol. The minimum atomic E-state index is 1.00. The zero-order chi connectivity index (χ0) is 9.97. The lowest BCUT2D eigenvalue weighted by Crippen LogP contribution is -2.30. The van der Waals surface area contributed by atoms with Crippen LogP contribution in [0.25, 0.3) is 11.3 Å². The largest absolute Gasteiger partial charge is 0.244 e. The van der Waals surface area contributed by atoms with Gasteiger partial charge in [0.2, 0.25) is 5.69 Å². The van der Waals surface area contributed by atoms with Crippen molar-refractivity contribution in [3.8, 4) is 11.3 Å². The maximum absolute atomic E-state index is 4.17. The summed E-state index contributed by atoms with van der Waals surface area (Å²) in [6.45, 7) is 1.99. The van der Waals surface area contributed by atoms with Gasteiger partial charge >= 0.3 is 0 Å². The van der Waals surface area contributed by atoms with Crippen LogP contribution >= 0.6 is 0 Å². The van der Waals surface area contributed by atoms with Crippen LogP contribution in [0.3, 0.4) is 0 Å². The molecule has 0 saturated carbocycles. The molecule has 0 aliphatic rings. The molecular weight excluding hydrogens is 174 g/mol. The van der Waals surface area contributed by atoms with Gasteiger partial charge in [-0.15, -0.1) is 0 Å². The average molecular weight is 186 g/mol. The van der Waals surface area contributed by atoms with Crippen LogP contribution in [0.4, 0.5) is 0 Å². The Morgan fingerprint density at radius 3 is 2.86 bits per heavy atom. The first-order chi connectivity index (χ1) is 6.79. The number of rotatable bonds is 1. The van der Waals surface area contributed by atoms with E-state index in [1.807, 2.05) is 38.5 Å². The predicted octanol–water partition coefficient (Wildman–Crippen LogP) is 1.28. The highest BCUT2D eigenvalue weighted by molar-refractivity contribution is 5.56. The highest BCUT2D eigenvalue weighted by Crippen LogP contribution is 2.15. The highest BCUT2D eigenvalue weighted by Gasteiger charge is 2.11. The Hall–Kier alpha value is -1.77. The first kappa shape index (κ1) is 8.81. The molecule has 3 heteroatoms. The molecule has 0 atom stereocenters. The average Bonchev–Trinajstić information content (AvgIpc) is 2.20. The number of pyridine rings is 1. The summed E-state index contributed by atoms with van der Waals surface area (Å²) >= 11 is 0. The van der Waals surface area contributed by atoms with Crippen molar-refractivity contribution in [2.75, 3.05) is 0 Å². The van der Waals surface area contributed by atoms with Crippen LogP contribution in [0.5, 0.6) is 0 Å². The summed E-state index contributed by atoms with van der Waals surface area (Å²) in [4.78, 5) is 8.21. The fourth-order valence-corrected chi connectivity index (χ4v) is 1.45. The maximum atomic E-state index is 4.17. The summed E-state index contributed by atoms with van der Waals surface area (Å²) in [7, 11) is 2.02. The summed E-state index contributed by atoms with van der Waals surface area (Å²) in [5.41, 5.74) is 3.21. The summed E-state index contributed by atoms with van der Waals surface area (Å²) in [6, 6.07) is 6.08. The normalized spacial score (nSPS) is 10.1. The maximum Gasteiger partial charge on any atom is 0.215 e. The van der Waals surface area contributed by atoms with E-state index in [0.29, 0.717) is 0 Å². The Morgan fingerprint density at radius 2 is 2.14 bits per heavy atom. The van der Waals surface area contributed by atoms with Crippen LogP contribution in [0, 0.1) is 6.92 Å². The molecule has 2 aromatic rings. The topological polar surface area (TPSA) is 29.7 Å². The number of hydrogen-bond donors (Lipinski definition) is 0. The fraction of sp³-hybridized carbons (Fsp3) is 0.182. The first-order valence-electron chi connectivity index (χ1n) is 4.50. The molecule has 0 N–H and O–H groups in total. The van der Waals surface area contributed by atoms with Gasteiger partial charge in [-0.3, -0.25) is 0 Å². The SMILES string of the molecule is Cc1ncncc1-c1cccc[n+]1C. The Labute approximate surface area is 83.1 Å². The van der Waals surface area contributed by atoms with Gasteiger partial charge in [0.1, 0.15) is 13.4 Å². The van der Waals surface area contributed by atoms with E-state index in [0.717, 1.165) is 17.0 Å². The lowest BCUT2D eigenvalue weighted by molar-refractivity contribution is -0.660. The second-order valence-corrected chi connectivity index (χ2v) is 3.22. The lowest BCUT2D eigenvalue weighted by Gasteiger charge is -2.01. The molecule has 0 aliphatic heterocycles. The summed E-state index contributed by atoms with van der Waals surface area (Å²) in [6.07, 6.45) is 5.43. The molecule has 2 heterocycles. The minimum Gasteiger partial charge on any atom is -0.244 e. The zero-order valence-electron chi connectivity index (χ0n) is 8.31. The van der Waals surface area contributed by atoms with E-state index in [1.54, 1.807) is 6.33 Å². The second kappa shape index (κ2) is 3.54. The Balaban J connectivity index is 2.61. The van der Waals surface area contributed by atoms with E-state index in [9.17, 15) is 0 Å². The number of hydrogen-bond acceptors (Lipinski definition) is 2. The molecule has 2 aromatic heterocycles. The van der Waals surface area contributed by atoms with Crippen LogP contribution in [0.2, 0.25) is 0 Å². The summed E-state index contributed by atoms with van der Waals surface area (Å²) < 4.78 is 2.06. The van der Waals surface area contributed by atoms with Gasteiger partial charge in [-0.05, 0) is 13.0 Å². The third-order valence-corrected chi connectivity index (χ3v) is 2.24. The van der Waals surface area contributed by atoms with Gasteiger partial charge in [0.15, 0.2) is 6.20 Å². The van der Waals surface area contributed by atoms with Gasteiger partial charge in [0.05, 0.1) is 11.3 Å². The molecule has 0 bridgehead atoms. The van der Waals surface area contributed by atoms with Gasteiger partial charge < -0.3 is 0 Å². The van der Waals surface area contributed by atoms with Gasteiger partial charge in [-0.1, -0.05) is 0 Å². The highest BCUT2D eigenvalue weighted by atomic mass is 14.9. The number of nitrogens with zero attached hydrogens (tertiary/aromatic N) is 3. The summed E-state index contributed by atoms with van der Waals surface area (Å²) in [5, 5.41) is 0. The van der Waals surface area contributed by atoms with E-state index in [2.05, 4.69) is 20.6 Å². The zero-order valence-corrected chi connectivity index (χ0v) is 8.31. The Morgan fingerprint density at radius 1 is 1.29 bits per heavy atom. The van der Waals surface area contributed by atoms with E-state index < -0.39 is 0 Å². The molecule has 0 aromatic carbocycles. The molecule has 0 spiro atoms.